The van der Waals surface area contributed by atoms with Gasteiger partial charge in [0.1, 0.15) is 10.5 Å². The number of amides is 1. The predicted molar refractivity (Wildman–Crippen MR) is 76.0 cm³/mol. The first-order chi connectivity index (χ1) is 9.13. The molecule has 1 aromatic heterocycles. The molecule has 6 nitrogen and oxygen atoms in total. The third-order valence-corrected chi connectivity index (χ3v) is 3.67. The van der Waals surface area contributed by atoms with Crippen molar-refractivity contribution >= 4 is 27.5 Å². The normalized spacial score (nSPS) is 18.8. The third kappa shape index (κ3) is 3.04. The Hall–Kier alpha value is -1.63. The lowest BCUT2D eigenvalue weighted by Crippen LogP contribution is -2.44. The molecule has 1 amide bonds. The van der Waals surface area contributed by atoms with E-state index in [0.29, 0.717) is 23.2 Å². The lowest BCUT2D eigenvalue weighted by molar-refractivity contribution is -0.123. The van der Waals surface area contributed by atoms with Crippen LogP contribution in [0.25, 0.3) is 0 Å². The largest absolute Gasteiger partial charge is 0.371 e. The molecule has 1 fully saturated rings. The molecule has 2 rings (SSSR count). The van der Waals surface area contributed by atoms with Gasteiger partial charge in [0.2, 0.25) is 5.91 Å². The number of piperidine rings is 1. The number of halogens is 1. The van der Waals surface area contributed by atoms with Gasteiger partial charge in [0.15, 0.2) is 0 Å². The molecule has 1 unspecified atom stereocenters. The maximum atomic E-state index is 12.0. The van der Waals surface area contributed by atoms with Crippen molar-refractivity contribution < 1.29 is 4.79 Å². The summed E-state index contributed by atoms with van der Waals surface area (Å²) in [5.74, 6) is -0.0478. The fourth-order valence-corrected chi connectivity index (χ4v) is 2.34. The average molecular weight is 327 g/mol. The van der Waals surface area contributed by atoms with Gasteiger partial charge in [0, 0.05) is 6.54 Å². The zero-order chi connectivity index (χ0) is 13.8. The number of nitrogens with one attached hydrogen (secondary N) is 2. The number of nitrogens with zero attached hydrogens (tertiary/aromatic N) is 2. The van der Waals surface area contributed by atoms with E-state index in [9.17, 15) is 9.59 Å². The van der Waals surface area contributed by atoms with E-state index >= 15 is 0 Å². The van der Waals surface area contributed by atoms with E-state index in [2.05, 4.69) is 38.2 Å². The van der Waals surface area contributed by atoms with Crippen molar-refractivity contribution in [2.24, 2.45) is 0 Å². The van der Waals surface area contributed by atoms with Crippen LogP contribution in [0.15, 0.2) is 28.1 Å². The molecular weight excluding hydrogens is 312 g/mol. The topological polar surface area (TPSA) is 76.0 Å². The quantitative estimate of drug-likeness (QED) is 0.805. The van der Waals surface area contributed by atoms with E-state index in [4.69, 9.17) is 0 Å². The molecule has 1 saturated heterocycles. The summed E-state index contributed by atoms with van der Waals surface area (Å²) < 4.78 is 1.67. The molecule has 2 N–H and O–H groups in total. The number of anilines is 1. The van der Waals surface area contributed by atoms with Crippen LogP contribution in [0, 0.1) is 0 Å². The van der Waals surface area contributed by atoms with Crippen molar-refractivity contribution in [1.29, 1.82) is 0 Å². The van der Waals surface area contributed by atoms with Gasteiger partial charge in [-0.2, -0.15) is 5.10 Å². The van der Waals surface area contributed by atoms with Crippen LogP contribution < -0.4 is 16.2 Å². The van der Waals surface area contributed by atoms with E-state index in [1.54, 1.807) is 6.08 Å². The number of carbonyl (C=O) groups is 1. The molecule has 0 aromatic carbocycles. The summed E-state index contributed by atoms with van der Waals surface area (Å²) in [4.78, 5) is 23.6. The molecule has 0 bridgehead atoms. The molecule has 1 aliphatic rings. The van der Waals surface area contributed by atoms with Crippen molar-refractivity contribution in [2.75, 3.05) is 11.9 Å². The predicted octanol–water partition coefficient (Wildman–Crippen LogP) is 0.882. The molecular formula is C12H15BrN4O2. The van der Waals surface area contributed by atoms with E-state index in [1.807, 2.05) is 0 Å². The van der Waals surface area contributed by atoms with E-state index in [-0.39, 0.29) is 17.5 Å². The fourth-order valence-electron chi connectivity index (χ4n) is 1.92. The van der Waals surface area contributed by atoms with Crippen LogP contribution in [-0.4, -0.2) is 28.3 Å². The van der Waals surface area contributed by atoms with Crippen molar-refractivity contribution in [1.82, 2.24) is 15.1 Å². The number of hydrogen-bond acceptors (Lipinski definition) is 4. The molecule has 1 aliphatic heterocycles. The van der Waals surface area contributed by atoms with Gasteiger partial charge in [-0.3, -0.25) is 9.59 Å². The third-order valence-electron chi connectivity index (χ3n) is 2.90. The Morgan fingerprint density at radius 1 is 1.63 bits per heavy atom. The molecule has 102 valence electrons. The zero-order valence-corrected chi connectivity index (χ0v) is 11.9. The van der Waals surface area contributed by atoms with E-state index in [1.165, 1.54) is 10.9 Å². The van der Waals surface area contributed by atoms with Crippen LogP contribution >= 0.6 is 15.9 Å². The Morgan fingerprint density at radius 2 is 2.42 bits per heavy atom. The Balaban J connectivity index is 2.21. The molecule has 0 aliphatic carbocycles. The summed E-state index contributed by atoms with van der Waals surface area (Å²) in [5.41, 5.74) is 0.286. The summed E-state index contributed by atoms with van der Waals surface area (Å²) in [6.07, 6.45) is 4.80. The summed E-state index contributed by atoms with van der Waals surface area (Å²) in [6, 6.07) is -0.318. The first-order valence-electron chi connectivity index (χ1n) is 6.04. The van der Waals surface area contributed by atoms with Crippen LogP contribution in [0.3, 0.4) is 0 Å². The number of hydrogen-bond donors (Lipinski definition) is 2. The van der Waals surface area contributed by atoms with E-state index < -0.39 is 0 Å². The minimum absolute atomic E-state index is 0.0478. The Morgan fingerprint density at radius 3 is 3.11 bits per heavy atom. The van der Waals surface area contributed by atoms with Gasteiger partial charge >= 0.3 is 0 Å². The van der Waals surface area contributed by atoms with Crippen LogP contribution in [0.1, 0.15) is 12.8 Å². The molecule has 19 heavy (non-hydrogen) atoms. The highest BCUT2D eigenvalue weighted by Gasteiger charge is 2.23. The minimum atomic E-state index is -0.318. The molecule has 0 radical (unpaired) electrons. The van der Waals surface area contributed by atoms with Crippen LogP contribution in [0.2, 0.25) is 0 Å². The zero-order valence-electron chi connectivity index (χ0n) is 10.4. The number of allylic oxidation sites excluding steroid dienone is 1. The Kier molecular flexibility index (Phi) is 4.36. The molecule has 0 spiro atoms. The Bertz CT molecular complexity index is 555. The second-order valence-corrected chi connectivity index (χ2v) is 5.07. The summed E-state index contributed by atoms with van der Waals surface area (Å²) in [6.45, 7) is 4.62. The SMILES string of the molecule is C=CCn1ncc(NC2CCCNC2=O)c(Br)c1=O. The van der Waals surface area contributed by atoms with Crippen molar-refractivity contribution in [3.05, 3.63) is 33.7 Å². The first kappa shape index (κ1) is 13.8. The van der Waals surface area contributed by atoms with Crippen LogP contribution in [-0.2, 0) is 11.3 Å². The lowest BCUT2D eigenvalue weighted by atomic mass is 10.1. The molecule has 1 atom stereocenters. The fraction of sp³-hybridized carbons (Fsp3) is 0.417. The minimum Gasteiger partial charge on any atom is -0.371 e. The van der Waals surface area contributed by atoms with Gasteiger partial charge in [0.25, 0.3) is 5.56 Å². The highest BCUT2D eigenvalue weighted by atomic mass is 79.9. The van der Waals surface area contributed by atoms with Gasteiger partial charge in [0.05, 0.1) is 18.4 Å². The monoisotopic (exact) mass is 326 g/mol. The second-order valence-electron chi connectivity index (χ2n) is 4.28. The van der Waals surface area contributed by atoms with Gasteiger partial charge in [-0.05, 0) is 28.8 Å². The summed E-state index contributed by atoms with van der Waals surface area (Å²) >= 11 is 3.25. The maximum Gasteiger partial charge on any atom is 0.283 e. The van der Waals surface area contributed by atoms with Gasteiger partial charge in [-0.15, -0.1) is 6.58 Å². The van der Waals surface area contributed by atoms with Crippen molar-refractivity contribution in [3.8, 4) is 0 Å². The van der Waals surface area contributed by atoms with E-state index in [0.717, 1.165) is 12.8 Å². The molecule has 7 heteroatoms. The van der Waals surface area contributed by atoms with Crippen molar-refractivity contribution in [3.63, 3.8) is 0 Å². The first-order valence-corrected chi connectivity index (χ1v) is 6.83. The average Bonchev–Trinajstić information content (AvgIpc) is 2.41. The lowest BCUT2D eigenvalue weighted by Gasteiger charge is -2.24. The highest BCUT2D eigenvalue weighted by molar-refractivity contribution is 9.10. The summed E-state index contributed by atoms with van der Waals surface area (Å²) in [7, 11) is 0. The van der Waals surface area contributed by atoms with Crippen molar-refractivity contribution in [2.45, 2.75) is 25.4 Å². The van der Waals surface area contributed by atoms with Gasteiger partial charge < -0.3 is 10.6 Å². The second kappa shape index (κ2) is 6.01. The Labute approximate surface area is 119 Å². The maximum absolute atomic E-state index is 12.0. The number of aromatic nitrogens is 2. The van der Waals surface area contributed by atoms with Crippen LogP contribution in [0.4, 0.5) is 5.69 Å². The van der Waals surface area contributed by atoms with Gasteiger partial charge in [-0.1, -0.05) is 6.08 Å². The molecule has 0 saturated carbocycles. The number of rotatable bonds is 4. The van der Waals surface area contributed by atoms with Crippen LogP contribution in [0.5, 0.6) is 0 Å². The standard InChI is InChI=1S/C12H15BrN4O2/c1-2-6-17-12(19)10(13)9(7-15-17)16-8-4-3-5-14-11(8)18/h2,7-8,16H,1,3-6H2,(H,14,18). The number of carbonyl (C=O) groups excluding carboxylic acids is 1. The molecule has 1 aromatic rings. The summed E-state index contributed by atoms with van der Waals surface area (Å²) in [5, 5.41) is 9.86. The highest BCUT2D eigenvalue weighted by Crippen LogP contribution is 2.19. The molecule has 2 heterocycles. The van der Waals surface area contributed by atoms with Gasteiger partial charge in [-0.25, -0.2) is 4.68 Å². The smallest absolute Gasteiger partial charge is 0.283 e.